The second-order valence-corrected chi connectivity index (χ2v) is 4.08. The fraction of sp³-hybridized carbons (Fsp3) is 0.455. The highest BCUT2D eigenvalue weighted by Crippen LogP contribution is 2.14. The van der Waals surface area contributed by atoms with Crippen LogP contribution in [0.25, 0.3) is 0 Å². The first kappa shape index (κ1) is 12.0. The number of likely N-dealkylation sites (tertiary alicyclic amines) is 1. The Bertz CT molecular complexity index is 414. The number of nitrogens with two attached hydrogens (primary N) is 1. The molecule has 1 saturated heterocycles. The third-order valence-corrected chi connectivity index (χ3v) is 2.82. The van der Waals surface area contributed by atoms with E-state index in [1.54, 1.807) is 12.1 Å². The summed E-state index contributed by atoms with van der Waals surface area (Å²) in [5.74, 6) is -0.224. The quantitative estimate of drug-likeness (QED) is 0.595. The van der Waals surface area contributed by atoms with Crippen LogP contribution in [-0.2, 0) is 6.54 Å². The highest BCUT2D eigenvalue weighted by molar-refractivity contribution is 5.94. The lowest BCUT2D eigenvalue weighted by Gasteiger charge is -2.15. The molecule has 1 aromatic rings. The molecular weight excluding hydrogens is 222 g/mol. The molecule has 17 heavy (non-hydrogen) atoms. The number of hydrogen-bond acceptors (Lipinski definition) is 5. The van der Waals surface area contributed by atoms with Crippen molar-refractivity contribution in [1.82, 2.24) is 9.88 Å². The highest BCUT2D eigenvalue weighted by atomic mass is 16.3. The number of amides is 1. The summed E-state index contributed by atoms with van der Waals surface area (Å²) in [6.07, 6.45) is -0.206. The number of nitrogens with zero attached hydrogens (tertiary/aromatic N) is 2. The van der Waals surface area contributed by atoms with Crippen molar-refractivity contribution >= 4 is 5.91 Å². The monoisotopic (exact) mass is 237 g/mol. The summed E-state index contributed by atoms with van der Waals surface area (Å²) < 4.78 is 0. The van der Waals surface area contributed by atoms with Crippen molar-refractivity contribution in [1.29, 1.82) is 0 Å². The van der Waals surface area contributed by atoms with E-state index in [2.05, 4.69) is 4.98 Å². The van der Waals surface area contributed by atoms with Gasteiger partial charge in [0.25, 0.3) is 5.91 Å². The van der Waals surface area contributed by atoms with Crippen molar-refractivity contribution in [3.05, 3.63) is 29.6 Å². The van der Waals surface area contributed by atoms with Gasteiger partial charge in [0, 0.05) is 31.4 Å². The Morgan fingerprint density at radius 2 is 2.12 bits per heavy atom. The lowest BCUT2D eigenvalue weighted by molar-refractivity contribution is 0.0572. The van der Waals surface area contributed by atoms with Crippen molar-refractivity contribution in [2.24, 2.45) is 5.73 Å². The van der Waals surface area contributed by atoms with Crippen LogP contribution in [0.1, 0.15) is 16.1 Å². The largest absolute Gasteiger partial charge is 0.388 e. The maximum atomic E-state index is 12.0. The van der Waals surface area contributed by atoms with Gasteiger partial charge in [-0.3, -0.25) is 9.78 Å². The maximum absolute atomic E-state index is 12.0. The Hall–Kier alpha value is -1.50. The molecule has 92 valence electrons. The van der Waals surface area contributed by atoms with E-state index in [0.29, 0.717) is 11.3 Å². The molecule has 1 fully saturated rings. The minimum atomic E-state index is -0.866. The van der Waals surface area contributed by atoms with Gasteiger partial charge in [0.1, 0.15) is 0 Å². The minimum absolute atomic E-state index is 0.153. The predicted octanol–water partition coefficient (Wildman–Crippen LogP) is -1.28. The molecule has 4 N–H and O–H groups in total. The summed E-state index contributed by atoms with van der Waals surface area (Å²) in [5, 5.41) is 18.8. The number of β-amino-alcohol motifs (C(OH)–C–C–N with tert-alkyl or cyclic N) is 2. The third kappa shape index (κ3) is 2.44. The molecule has 2 unspecified atom stereocenters. The molecule has 2 heterocycles. The second kappa shape index (κ2) is 4.79. The van der Waals surface area contributed by atoms with Crippen molar-refractivity contribution in [2.75, 3.05) is 13.1 Å². The van der Waals surface area contributed by atoms with Gasteiger partial charge >= 0.3 is 0 Å². The minimum Gasteiger partial charge on any atom is -0.388 e. The fourth-order valence-electron chi connectivity index (χ4n) is 1.84. The van der Waals surface area contributed by atoms with Gasteiger partial charge in [0.2, 0.25) is 0 Å². The first-order chi connectivity index (χ1) is 8.11. The zero-order valence-electron chi connectivity index (χ0n) is 9.28. The van der Waals surface area contributed by atoms with Crippen molar-refractivity contribution < 1.29 is 15.0 Å². The van der Waals surface area contributed by atoms with Gasteiger partial charge < -0.3 is 20.8 Å². The Kier molecular flexibility index (Phi) is 3.37. The summed E-state index contributed by atoms with van der Waals surface area (Å²) >= 11 is 0. The van der Waals surface area contributed by atoms with E-state index >= 15 is 0 Å². The number of aliphatic hydroxyl groups is 2. The molecule has 1 aliphatic heterocycles. The first-order valence-corrected chi connectivity index (χ1v) is 5.42. The number of aliphatic hydroxyl groups excluding tert-OH is 2. The van der Waals surface area contributed by atoms with Crippen LogP contribution in [0.4, 0.5) is 0 Å². The number of hydrogen-bond donors (Lipinski definition) is 3. The van der Waals surface area contributed by atoms with Crippen LogP contribution in [0, 0.1) is 0 Å². The lowest BCUT2D eigenvalue weighted by atomic mass is 10.2. The molecule has 0 aromatic carbocycles. The molecule has 1 aromatic heterocycles. The zero-order chi connectivity index (χ0) is 12.4. The molecule has 0 bridgehead atoms. The van der Waals surface area contributed by atoms with Crippen LogP contribution in [0.3, 0.4) is 0 Å². The Morgan fingerprint density at radius 1 is 1.47 bits per heavy atom. The second-order valence-electron chi connectivity index (χ2n) is 4.08. The molecule has 0 saturated carbocycles. The average molecular weight is 237 g/mol. The number of carbonyl (C=O) groups excluding carboxylic acids is 1. The molecular formula is C11H15N3O3. The molecule has 1 aliphatic rings. The van der Waals surface area contributed by atoms with E-state index in [0.717, 1.165) is 0 Å². The highest BCUT2D eigenvalue weighted by Gasteiger charge is 2.32. The van der Waals surface area contributed by atoms with E-state index in [-0.39, 0.29) is 25.5 Å². The summed E-state index contributed by atoms with van der Waals surface area (Å²) in [6.45, 7) is 0.576. The Morgan fingerprint density at radius 3 is 2.71 bits per heavy atom. The number of aromatic nitrogens is 1. The number of carbonyl (C=O) groups is 1. The molecule has 0 radical (unpaired) electrons. The van der Waals surface area contributed by atoms with Crippen LogP contribution in [0.5, 0.6) is 0 Å². The molecule has 1 amide bonds. The SMILES string of the molecule is NCc1cc(C(=O)N2CC(O)C(O)C2)ccn1. The predicted molar refractivity (Wildman–Crippen MR) is 60.0 cm³/mol. The fourth-order valence-corrected chi connectivity index (χ4v) is 1.84. The van der Waals surface area contributed by atoms with E-state index in [4.69, 9.17) is 5.73 Å². The Labute approximate surface area is 98.7 Å². The summed E-state index contributed by atoms with van der Waals surface area (Å²) in [6, 6.07) is 3.22. The van der Waals surface area contributed by atoms with E-state index < -0.39 is 12.2 Å². The van der Waals surface area contributed by atoms with Gasteiger partial charge in [0.15, 0.2) is 0 Å². The summed E-state index contributed by atoms with van der Waals surface area (Å²) in [4.78, 5) is 17.5. The van der Waals surface area contributed by atoms with E-state index in [1.807, 2.05) is 0 Å². The van der Waals surface area contributed by atoms with E-state index in [9.17, 15) is 15.0 Å². The first-order valence-electron chi connectivity index (χ1n) is 5.42. The normalized spacial score (nSPS) is 24.1. The smallest absolute Gasteiger partial charge is 0.254 e. The summed E-state index contributed by atoms with van der Waals surface area (Å²) in [5.41, 5.74) is 6.56. The van der Waals surface area contributed by atoms with Crippen molar-refractivity contribution in [3.8, 4) is 0 Å². The number of rotatable bonds is 2. The lowest BCUT2D eigenvalue weighted by Crippen LogP contribution is -2.30. The van der Waals surface area contributed by atoms with Crippen LogP contribution in [0.2, 0.25) is 0 Å². The van der Waals surface area contributed by atoms with Crippen molar-refractivity contribution in [2.45, 2.75) is 18.8 Å². The van der Waals surface area contributed by atoms with Crippen LogP contribution < -0.4 is 5.73 Å². The summed E-state index contributed by atoms with van der Waals surface area (Å²) in [7, 11) is 0. The van der Waals surface area contributed by atoms with E-state index in [1.165, 1.54) is 11.1 Å². The molecule has 0 spiro atoms. The standard InChI is InChI=1S/C11H15N3O3/c12-4-8-3-7(1-2-13-8)11(17)14-5-9(15)10(16)6-14/h1-3,9-10,15-16H,4-6,12H2. The van der Waals surface area contributed by atoms with Crippen LogP contribution in [0.15, 0.2) is 18.3 Å². The molecule has 2 rings (SSSR count). The van der Waals surface area contributed by atoms with Crippen molar-refractivity contribution in [3.63, 3.8) is 0 Å². The van der Waals surface area contributed by atoms with Gasteiger partial charge in [-0.1, -0.05) is 0 Å². The number of pyridine rings is 1. The van der Waals surface area contributed by atoms with Gasteiger partial charge in [-0.25, -0.2) is 0 Å². The zero-order valence-corrected chi connectivity index (χ0v) is 9.28. The van der Waals surface area contributed by atoms with Gasteiger partial charge in [-0.15, -0.1) is 0 Å². The van der Waals surface area contributed by atoms with Crippen LogP contribution in [-0.4, -0.2) is 51.3 Å². The third-order valence-electron chi connectivity index (χ3n) is 2.82. The molecule has 2 atom stereocenters. The van der Waals surface area contributed by atoms with Crippen LogP contribution >= 0.6 is 0 Å². The molecule has 0 aliphatic carbocycles. The average Bonchev–Trinajstić information content (AvgIpc) is 2.69. The molecule has 6 nitrogen and oxygen atoms in total. The van der Waals surface area contributed by atoms with Gasteiger partial charge in [0.05, 0.1) is 17.9 Å². The maximum Gasteiger partial charge on any atom is 0.254 e. The van der Waals surface area contributed by atoms with Gasteiger partial charge in [-0.2, -0.15) is 0 Å². The van der Waals surface area contributed by atoms with Gasteiger partial charge in [-0.05, 0) is 12.1 Å². The Balaban J connectivity index is 2.14. The molecule has 6 heteroatoms. The topological polar surface area (TPSA) is 99.7 Å².